The minimum Gasteiger partial charge on any atom is -0.481 e. The molecule has 0 saturated carbocycles. The second kappa shape index (κ2) is 16.8. The van der Waals surface area contributed by atoms with Crippen molar-refractivity contribution in [3.8, 4) is 0 Å². The summed E-state index contributed by atoms with van der Waals surface area (Å²) < 4.78 is 0. The van der Waals surface area contributed by atoms with Crippen molar-refractivity contribution in [2.24, 2.45) is 5.92 Å². The van der Waals surface area contributed by atoms with Gasteiger partial charge in [0.15, 0.2) is 0 Å². The molecule has 0 fully saturated rings. The standard InChI is InChI=1S/C19H38O6/c20-13-9-5-4-8-12-17(22)11-7-3-1-2-6-10-16(19(24)25)14-18(23)15-21/h16-18,20-23H,1-15H2,(H,24,25). The number of aliphatic carboxylic acids is 1. The molecule has 0 saturated heterocycles. The molecule has 3 unspecified atom stereocenters. The van der Waals surface area contributed by atoms with E-state index in [4.69, 9.17) is 15.3 Å². The summed E-state index contributed by atoms with van der Waals surface area (Å²) in [7, 11) is 0. The van der Waals surface area contributed by atoms with Crippen LogP contribution in [0, 0.1) is 5.92 Å². The molecule has 5 N–H and O–H groups in total. The maximum absolute atomic E-state index is 11.1. The third-order valence-electron chi connectivity index (χ3n) is 4.65. The van der Waals surface area contributed by atoms with Crippen molar-refractivity contribution in [3.63, 3.8) is 0 Å². The zero-order valence-electron chi connectivity index (χ0n) is 15.5. The minimum absolute atomic E-state index is 0.107. The van der Waals surface area contributed by atoms with Gasteiger partial charge < -0.3 is 25.5 Å². The Morgan fingerprint density at radius 3 is 1.64 bits per heavy atom. The number of aliphatic hydroxyl groups is 4. The van der Waals surface area contributed by atoms with Crippen molar-refractivity contribution in [2.75, 3.05) is 13.2 Å². The minimum atomic E-state index is -0.953. The van der Waals surface area contributed by atoms with Gasteiger partial charge in [0.05, 0.1) is 24.7 Å². The first-order valence-electron chi connectivity index (χ1n) is 9.81. The van der Waals surface area contributed by atoms with Crippen LogP contribution in [-0.4, -0.2) is 56.9 Å². The number of rotatable bonds is 18. The molecular weight excluding hydrogens is 324 g/mol. The van der Waals surface area contributed by atoms with Crippen LogP contribution >= 0.6 is 0 Å². The summed E-state index contributed by atoms with van der Waals surface area (Å²) in [4.78, 5) is 11.1. The molecule has 150 valence electrons. The monoisotopic (exact) mass is 362 g/mol. The molecule has 0 aromatic rings. The van der Waals surface area contributed by atoms with E-state index in [1.165, 1.54) is 0 Å². The van der Waals surface area contributed by atoms with Gasteiger partial charge in [0.1, 0.15) is 0 Å². The maximum Gasteiger partial charge on any atom is 0.306 e. The van der Waals surface area contributed by atoms with Gasteiger partial charge in [-0.2, -0.15) is 0 Å². The molecule has 0 bridgehead atoms. The fraction of sp³-hybridized carbons (Fsp3) is 0.947. The highest BCUT2D eigenvalue weighted by Crippen LogP contribution is 2.18. The first kappa shape index (κ1) is 24.3. The summed E-state index contributed by atoms with van der Waals surface area (Å²) in [5, 5.41) is 45.8. The van der Waals surface area contributed by atoms with Gasteiger partial charge in [0.25, 0.3) is 0 Å². The molecule has 0 rings (SSSR count). The van der Waals surface area contributed by atoms with Crippen molar-refractivity contribution < 1.29 is 30.3 Å². The predicted molar refractivity (Wildman–Crippen MR) is 97.3 cm³/mol. The number of carboxylic acid groups (broad SMARTS) is 1. The van der Waals surface area contributed by atoms with E-state index in [0.29, 0.717) is 6.42 Å². The molecule has 0 aromatic carbocycles. The van der Waals surface area contributed by atoms with Crippen molar-refractivity contribution in [3.05, 3.63) is 0 Å². The zero-order valence-corrected chi connectivity index (χ0v) is 15.5. The lowest BCUT2D eigenvalue weighted by molar-refractivity contribution is -0.143. The number of aliphatic hydroxyl groups excluding tert-OH is 4. The van der Waals surface area contributed by atoms with Crippen LogP contribution in [0.25, 0.3) is 0 Å². The average molecular weight is 363 g/mol. The van der Waals surface area contributed by atoms with Crippen LogP contribution in [-0.2, 0) is 4.79 Å². The summed E-state index contributed by atoms with van der Waals surface area (Å²) >= 11 is 0. The molecule has 0 amide bonds. The smallest absolute Gasteiger partial charge is 0.306 e. The van der Waals surface area contributed by atoms with Gasteiger partial charge in [-0.25, -0.2) is 0 Å². The lowest BCUT2D eigenvalue weighted by Gasteiger charge is -2.15. The average Bonchev–Trinajstić information content (AvgIpc) is 2.59. The summed E-state index contributed by atoms with van der Waals surface area (Å²) in [5.41, 5.74) is 0. The molecule has 0 radical (unpaired) electrons. The molecule has 3 atom stereocenters. The van der Waals surface area contributed by atoms with Crippen LogP contribution in [0.4, 0.5) is 0 Å². The second-order valence-corrected chi connectivity index (χ2v) is 7.03. The van der Waals surface area contributed by atoms with Gasteiger partial charge in [0, 0.05) is 6.61 Å². The fourth-order valence-corrected chi connectivity index (χ4v) is 3.04. The third kappa shape index (κ3) is 15.3. The molecule has 0 aliphatic heterocycles. The fourth-order valence-electron chi connectivity index (χ4n) is 3.04. The van der Waals surface area contributed by atoms with Crippen LogP contribution in [0.2, 0.25) is 0 Å². The highest BCUT2D eigenvalue weighted by Gasteiger charge is 2.20. The zero-order chi connectivity index (χ0) is 18.9. The van der Waals surface area contributed by atoms with Crippen LogP contribution in [0.5, 0.6) is 0 Å². The molecule has 6 nitrogen and oxygen atoms in total. The predicted octanol–water partition coefficient (Wildman–Crippen LogP) is 2.46. The molecule has 0 spiro atoms. The quantitative estimate of drug-likeness (QED) is 0.239. The first-order chi connectivity index (χ1) is 12.0. The van der Waals surface area contributed by atoms with E-state index in [-0.39, 0.29) is 19.1 Å². The van der Waals surface area contributed by atoms with Crippen LogP contribution in [0.1, 0.15) is 83.5 Å². The van der Waals surface area contributed by atoms with E-state index in [0.717, 1.165) is 70.6 Å². The highest BCUT2D eigenvalue weighted by atomic mass is 16.4. The van der Waals surface area contributed by atoms with Crippen LogP contribution in [0.15, 0.2) is 0 Å². The Balaban J connectivity index is 3.54. The van der Waals surface area contributed by atoms with Crippen molar-refractivity contribution >= 4 is 5.97 Å². The van der Waals surface area contributed by atoms with Gasteiger partial charge >= 0.3 is 5.97 Å². The van der Waals surface area contributed by atoms with Gasteiger partial charge in [-0.15, -0.1) is 0 Å². The maximum atomic E-state index is 11.1. The van der Waals surface area contributed by atoms with Crippen LogP contribution in [0.3, 0.4) is 0 Å². The van der Waals surface area contributed by atoms with E-state index >= 15 is 0 Å². The molecule has 0 heterocycles. The number of unbranched alkanes of at least 4 members (excludes halogenated alkanes) is 7. The lowest BCUT2D eigenvalue weighted by atomic mass is 9.94. The van der Waals surface area contributed by atoms with Crippen molar-refractivity contribution in [1.82, 2.24) is 0 Å². The Hall–Kier alpha value is -0.690. The molecule has 6 heteroatoms. The topological polar surface area (TPSA) is 118 Å². The molecule has 0 aliphatic carbocycles. The molecule has 0 aromatic heterocycles. The molecule has 25 heavy (non-hydrogen) atoms. The number of hydrogen-bond donors (Lipinski definition) is 5. The van der Waals surface area contributed by atoms with Crippen LogP contribution < -0.4 is 0 Å². The Bertz CT molecular complexity index is 310. The van der Waals surface area contributed by atoms with E-state index in [9.17, 15) is 15.0 Å². The largest absolute Gasteiger partial charge is 0.481 e. The second-order valence-electron chi connectivity index (χ2n) is 7.03. The number of carboxylic acids is 1. The summed E-state index contributed by atoms with van der Waals surface area (Å²) in [6.45, 7) is -0.147. The lowest BCUT2D eigenvalue weighted by Crippen LogP contribution is -2.23. The Morgan fingerprint density at radius 2 is 1.16 bits per heavy atom. The normalized spacial score (nSPS) is 15.0. The van der Waals surface area contributed by atoms with Crippen molar-refractivity contribution in [2.45, 2.75) is 95.7 Å². The van der Waals surface area contributed by atoms with Gasteiger partial charge in [-0.1, -0.05) is 51.4 Å². The van der Waals surface area contributed by atoms with Crippen molar-refractivity contribution in [1.29, 1.82) is 0 Å². The van der Waals surface area contributed by atoms with Gasteiger partial charge in [0.2, 0.25) is 0 Å². The Morgan fingerprint density at radius 1 is 0.680 bits per heavy atom. The van der Waals surface area contributed by atoms with E-state index < -0.39 is 24.6 Å². The van der Waals surface area contributed by atoms with E-state index in [1.807, 2.05) is 0 Å². The number of hydrogen-bond acceptors (Lipinski definition) is 5. The highest BCUT2D eigenvalue weighted by molar-refractivity contribution is 5.69. The first-order valence-corrected chi connectivity index (χ1v) is 9.81. The third-order valence-corrected chi connectivity index (χ3v) is 4.65. The Labute approximate surface area is 151 Å². The molecule has 0 aliphatic rings. The van der Waals surface area contributed by atoms with E-state index in [2.05, 4.69) is 0 Å². The SMILES string of the molecule is O=C(O)C(CCCCCCCC(O)CCCCCCO)CC(O)CO. The van der Waals surface area contributed by atoms with Gasteiger partial charge in [-0.3, -0.25) is 4.79 Å². The van der Waals surface area contributed by atoms with Gasteiger partial charge in [-0.05, 0) is 32.1 Å². The Kier molecular flexibility index (Phi) is 16.3. The summed E-state index contributed by atoms with van der Waals surface area (Å²) in [6.07, 6.45) is 9.87. The number of carbonyl (C=O) groups is 1. The summed E-state index contributed by atoms with van der Waals surface area (Å²) in [5.74, 6) is -1.50. The molecular formula is C19H38O6. The summed E-state index contributed by atoms with van der Waals surface area (Å²) in [6, 6.07) is 0. The van der Waals surface area contributed by atoms with E-state index in [1.54, 1.807) is 0 Å².